The van der Waals surface area contributed by atoms with Crippen LogP contribution in [0.1, 0.15) is 29.6 Å². The molecule has 2 aromatic rings. The molecule has 0 unspecified atom stereocenters. The molecule has 2 aromatic carbocycles. The predicted molar refractivity (Wildman–Crippen MR) is 108 cm³/mol. The van der Waals surface area contributed by atoms with E-state index in [4.69, 9.17) is 4.74 Å². The number of benzene rings is 2. The van der Waals surface area contributed by atoms with E-state index in [9.17, 15) is 4.79 Å². The van der Waals surface area contributed by atoms with E-state index in [0.717, 1.165) is 56.3 Å². The third-order valence-corrected chi connectivity index (χ3v) is 4.16. The van der Waals surface area contributed by atoms with Gasteiger partial charge in [-0.2, -0.15) is 0 Å². The molecule has 3 N–H and O–H groups in total. The fraction of sp³-hybridized carbons (Fsp3) is 0.333. The maximum Gasteiger partial charge on any atom is 0.255 e. The zero-order valence-corrected chi connectivity index (χ0v) is 15.4. The lowest BCUT2D eigenvalue weighted by atomic mass is 10.2. The first kappa shape index (κ1) is 18.8. The van der Waals surface area contributed by atoms with E-state index >= 15 is 0 Å². The van der Waals surface area contributed by atoms with Gasteiger partial charge in [-0.3, -0.25) is 9.79 Å². The average molecular weight is 366 g/mol. The van der Waals surface area contributed by atoms with Gasteiger partial charge in [0.05, 0.1) is 6.61 Å². The fourth-order valence-electron chi connectivity index (χ4n) is 2.73. The summed E-state index contributed by atoms with van der Waals surface area (Å²) in [4.78, 5) is 16.6. The Morgan fingerprint density at radius 1 is 1.11 bits per heavy atom. The Balaban J connectivity index is 1.37. The fourth-order valence-corrected chi connectivity index (χ4v) is 2.73. The molecule has 1 heterocycles. The molecule has 0 saturated carbocycles. The molecule has 0 bridgehead atoms. The Morgan fingerprint density at radius 2 is 2.00 bits per heavy atom. The Kier molecular flexibility index (Phi) is 7.09. The maximum absolute atomic E-state index is 12.2. The molecule has 1 amide bonds. The van der Waals surface area contributed by atoms with Gasteiger partial charge in [-0.05, 0) is 43.5 Å². The van der Waals surface area contributed by atoms with Crippen LogP contribution >= 0.6 is 0 Å². The third kappa shape index (κ3) is 6.33. The number of guanidine groups is 1. The molecule has 0 atom stereocenters. The van der Waals surface area contributed by atoms with E-state index < -0.39 is 0 Å². The van der Waals surface area contributed by atoms with Crippen LogP contribution in [0.3, 0.4) is 0 Å². The first-order valence-corrected chi connectivity index (χ1v) is 9.43. The second kappa shape index (κ2) is 10.2. The topological polar surface area (TPSA) is 74.8 Å². The minimum Gasteiger partial charge on any atom is -0.494 e. The van der Waals surface area contributed by atoms with E-state index in [1.807, 2.05) is 42.5 Å². The minimum atomic E-state index is -0.127. The van der Waals surface area contributed by atoms with Gasteiger partial charge in [-0.1, -0.05) is 24.3 Å². The number of amides is 1. The SMILES string of the molecule is O=C(Nc1cccc(OCCCCNC2=NCCCN2)c1)c1ccccc1. The van der Waals surface area contributed by atoms with Crippen molar-refractivity contribution in [3.05, 3.63) is 60.2 Å². The zero-order valence-electron chi connectivity index (χ0n) is 15.4. The van der Waals surface area contributed by atoms with Crippen molar-refractivity contribution >= 4 is 17.6 Å². The normalized spacial score (nSPS) is 13.3. The first-order valence-electron chi connectivity index (χ1n) is 9.43. The van der Waals surface area contributed by atoms with Crippen molar-refractivity contribution in [2.45, 2.75) is 19.3 Å². The molecule has 1 aliphatic heterocycles. The second-order valence-electron chi connectivity index (χ2n) is 6.34. The van der Waals surface area contributed by atoms with Crippen molar-refractivity contribution < 1.29 is 9.53 Å². The molecule has 0 aliphatic carbocycles. The summed E-state index contributed by atoms with van der Waals surface area (Å²) in [6, 6.07) is 16.6. The number of aliphatic imine (C=N–C) groups is 1. The number of hydrogen-bond acceptors (Lipinski definition) is 5. The lowest BCUT2D eigenvalue weighted by Crippen LogP contribution is -2.41. The molecule has 3 rings (SSSR count). The van der Waals surface area contributed by atoms with Crippen LogP contribution in [0.5, 0.6) is 5.75 Å². The van der Waals surface area contributed by atoms with Gasteiger partial charge >= 0.3 is 0 Å². The van der Waals surface area contributed by atoms with Gasteiger partial charge in [0.2, 0.25) is 0 Å². The smallest absolute Gasteiger partial charge is 0.255 e. The number of hydrogen-bond donors (Lipinski definition) is 3. The number of unbranched alkanes of at least 4 members (excludes halogenated alkanes) is 1. The lowest BCUT2D eigenvalue weighted by Gasteiger charge is -2.15. The van der Waals surface area contributed by atoms with Gasteiger partial charge in [0, 0.05) is 37.0 Å². The summed E-state index contributed by atoms with van der Waals surface area (Å²) < 4.78 is 5.80. The molecule has 0 aromatic heterocycles. The Hall–Kier alpha value is -3.02. The molecule has 142 valence electrons. The minimum absolute atomic E-state index is 0.127. The number of anilines is 1. The highest BCUT2D eigenvalue weighted by Crippen LogP contribution is 2.18. The molecule has 6 nitrogen and oxygen atoms in total. The van der Waals surface area contributed by atoms with Crippen LogP contribution in [0.4, 0.5) is 5.69 Å². The Bertz CT molecular complexity index is 762. The quantitative estimate of drug-likeness (QED) is 0.628. The number of carbonyl (C=O) groups is 1. The highest BCUT2D eigenvalue weighted by atomic mass is 16.5. The van der Waals surface area contributed by atoms with Gasteiger partial charge < -0.3 is 20.7 Å². The predicted octanol–water partition coefficient (Wildman–Crippen LogP) is 3.04. The van der Waals surface area contributed by atoms with Crippen molar-refractivity contribution in [3.63, 3.8) is 0 Å². The summed E-state index contributed by atoms with van der Waals surface area (Å²) in [6.45, 7) is 3.40. The standard InChI is InChI=1S/C21H26N4O2/c26-20(17-8-2-1-3-9-17)25-18-10-6-11-19(16-18)27-15-5-4-12-22-21-23-13-7-14-24-21/h1-3,6,8-11,16H,4-5,7,12-15H2,(H,25,26)(H2,22,23,24). The van der Waals surface area contributed by atoms with Crippen molar-refractivity contribution in [3.8, 4) is 5.75 Å². The molecule has 6 heteroatoms. The molecule has 0 radical (unpaired) electrons. The zero-order chi connectivity index (χ0) is 18.7. The number of ether oxygens (including phenoxy) is 1. The van der Waals surface area contributed by atoms with Crippen molar-refractivity contribution in [1.29, 1.82) is 0 Å². The van der Waals surface area contributed by atoms with Crippen LogP contribution < -0.4 is 20.7 Å². The van der Waals surface area contributed by atoms with Gasteiger partial charge in [0.15, 0.2) is 5.96 Å². The van der Waals surface area contributed by atoms with E-state index in [2.05, 4.69) is 20.9 Å². The molecule has 1 aliphatic rings. The monoisotopic (exact) mass is 366 g/mol. The average Bonchev–Trinajstić information content (AvgIpc) is 2.72. The van der Waals surface area contributed by atoms with Crippen LogP contribution in [-0.2, 0) is 0 Å². The highest BCUT2D eigenvalue weighted by molar-refractivity contribution is 6.04. The van der Waals surface area contributed by atoms with Crippen LogP contribution in [0, 0.1) is 0 Å². The van der Waals surface area contributed by atoms with Gasteiger partial charge in [0.1, 0.15) is 5.75 Å². The number of rotatable bonds is 8. The first-order chi connectivity index (χ1) is 13.3. The lowest BCUT2D eigenvalue weighted by molar-refractivity contribution is 0.102. The third-order valence-electron chi connectivity index (χ3n) is 4.16. The van der Waals surface area contributed by atoms with Crippen LogP contribution in [0.15, 0.2) is 59.6 Å². The van der Waals surface area contributed by atoms with Gasteiger partial charge in [-0.15, -0.1) is 0 Å². The van der Waals surface area contributed by atoms with E-state index in [1.165, 1.54) is 0 Å². The van der Waals surface area contributed by atoms with E-state index in [1.54, 1.807) is 12.1 Å². The summed E-state index contributed by atoms with van der Waals surface area (Å²) >= 11 is 0. The van der Waals surface area contributed by atoms with E-state index in [0.29, 0.717) is 12.2 Å². The highest BCUT2D eigenvalue weighted by Gasteiger charge is 2.06. The molecule has 0 saturated heterocycles. The maximum atomic E-state index is 12.2. The number of nitrogens with one attached hydrogen (secondary N) is 3. The number of nitrogens with zero attached hydrogens (tertiary/aromatic N) is 1. The van der Waals surface area contributed by atoms with Crippen molar-refractivity contribution in [1.82, 2.24) is 10.6 Å². The molecule has 0 spiro atoms. The summed E-state index contributed by atoms with van der Waals surface area (Å²) in [5.74, 6) is 1.54. The molecular weight excluding hydrogens is 340 g/mol. The Morgan fingerprint density at radius 3 is 2.81 bits per heavy atom. The summed E-state index contributed by atoms with van der Waals surface area (Å²) in [6.07, 6.45) is 3.05. The van der Waals surface area contributed by atoms with E-state index in [-0.39, 0.29) is 5.91 Å². The van der Waals surface area contributed by atoms with Crippen LogP contribution in [0.25, 0.3) is 0 Å². The van der Waals surface area contributed by atoms with Crippen molar-refractivity contribution in [2.24, 2.45) is 4.99 Å². The van der Waals surface area contributed by atoms with Gasteiger partial charge in [-0.25, -0.2) is 0 Å². The summed E-state index contributed by atoms with van der Waals surface area (Å²) in [5.41, 5.74) is 1.36. The molecular formula is C21H26N4O2. The second-order valence-corrected chi connectivity index (χ2v) is 6.34. The van der Waals surface area contributed by atoms with Gasteiger partial charge in [0.25, 0.3) is 5.91 Å². The molecule has 27 heavy (non-hydrogen) atoms. The van der Waals surface area contributed by atoms with Crippen molar-refractivity contribution in [2.75, 3.05) is 31.6 Å². The number of carbonyl (C=O) groups excluding carboxylic acids is 1. The van der Waals surface area contributed by atoms with Crippen LogP contribution in [-0.4, -0.2) is 38.1 Å². The summed E-state index contributed by atoms with van der Waals surface area (Å²) in [7, 11) is 0. The van der Waals surface area contributed by atoms with Crippen LogP contribution in [0.2, 0.25) is 0 Å². The summed E-state index contributed by atoms with van der Waals surface area (Å²) in [5, 5.41) is 9.44. The molecule has 0 fully saturated rings. The Labute approximate surface area is 160 Å². The largest absolute Gasteiger partial charge is 0.494 e.